The first-order valence-corrected chi connectivity index (χ1v) is 5.13. The van der Waals surface area contributed by atoms with E-state index in [4.69, 9.17) is 5.73 Å². The van der Waals surface area contributed by atoms with Crippen molar-refractivity contribution in [2.45, 2.75) is 6.54 Å². The summed E-state index contributed by atoms with van der Waals surface area (Å²) in [5.41, 5.74) is 7.71. The first kappa shape index (κ1) is 11.1. The van der Waals surface area contributed by atoms with Crippen molar-refractivity contribution >= 4 is 11.6 Å². The number of carbonyl (C=O) groups is 1. The molecule has 0 atom stereocenters. The van der Waals surface area contributed by atoms with Gasteiger partial charge in [-0.05, 0) is 17.7 Å². The molecule has 2 rings (SSSR count). The van der Waals surface area contributed by atoms with Crippen molar-refractivity contribution in [3.8, 4) is 0 Å². The van der Waals surface area contributed by atoms with Crippen molar-refractivity contribution in [2.75, 3.05) is 5.73 Å². The van der Waals surface area contributed by atoms with Crippen LogP contribution in [0.4, 0.5) is 5.69 Å². The third-order valence-electron chi connectivity index (χ3n) is 2.26. The van der Waals surface area contributed by atoms with Crippen LogP contribution in [0.3, 0.4) is 0 Å². The Morgan fingerprint density at radius 2 is 1.82 bits per heavy atom. The second-order valence-corrected chi connectivity index (χ2v) is 3.55. The lowest BCUT2D eigenvalue weighted by atomic mass is 10.2. The SMILES string of the molecule is Nc1ccc(CNC(=O)c2cncnc2)cc1. The lowest BCUT2D eigenvalue weighted by Gasteiger charge is -2.04. The fourth-order valence-corrected chi connectivity index (χ4v) is 1.34. The summed E-state index contributed by atoms with van der Waals surface area (Å²) in [5, 5.41) is 2.77. The molecule has 86 valence electrons. The molecule has 5 heteroatoms. The van der Waals surface area contributed by atoms with Gasteiger partial charge in [-0.1, -0.05) is 12.1 Å². The van der Waals surface area contributed by atoms with Crippen molar-refractivity contribution < 1.29 is 4.79 Å². The Labute approximate surface area is 98.7 Å². The van der Waals surface area contributed by atoms with Crippen LogP contribution >= 0.6 is 0 Å². The molecule has 1 heterocycles. The van der Waals surface area contributed by atoms with E-state index < -0.39 is 0 Å². The molecule has 1 aromatic heterocycles. The highest BCUT2D eigenvalue weighted by Gasteiger charge is 2.04. The summed E-state index contributed by atoms with van der Waals surface area (Å²) in [5.74, 6) is -0.192. The van der Waals surface area contributed by atoms with E-state index in [-0.39, 0.29) is 5.91 Å². The fraction of sp³-hybridized carbons (Fsp3) is 0.0833. The predicted molar refractivity (Wildman–Crippen MR) is 64.1 cm³/mol. The number of carbonyl (C=O) groups excluding carboxylic acids is 1. The van der Waals surface area contributed by atoms with E-state index in [0.717, 1.165) is 5.56 Å². The smallest absolute Gasteiger partial charge is 0.254 e. The minimum absolute atomic E-state index is 0.192. The maximum Gasteiger partial charge on any atom is 0.254 e. The quantitative estimate of drug-likeness (QED) is 0.767. The zero-order valence-electron chi connectivity index (χ0n) is 9.13. The van der Waals surface area contributed by atoms with Crippen LogP contribution in [0, 0.1) is 0 Å². The molecular formula is C12H12N4O. The maximum absolute atomic E-state index is 11.7. The number of aromatic nitrogens is 2. The molecule has 0 aliphatic rings. The normalized spacial score (nSPS) is 9.88. The van der Waals surface area contributed by atoms with Gasteiger partial charge in [0.1, 0.15) is 6.33 Å². The Balaban J connectivity index is 1.95. The standard InChI is InChI=1S/C12H12N4O/c13-11-3-1-9(2-4-11)5-16-12(17)10-6-14-8-15-7-10/h1-4,6-8H,5,13H2,(H,16,17). The van der Waals surface area contributed by atoms with Crippen molar-refractivity contribution in [2.24, 2.45) is 0 Å². The van der Waals surface area contributed by atoms with Crippen LogP contribution in [-0.4, -0.2) is 15.9 Å². The van der Waals surface area contributed by atoms with Crippen LogP contribution < -0.4 is 11.1 Å². The summed E-state index contributed by atoms with van der Waals surface area (Å²) in [6.45, 7) is 0.452. The number of nitrogen functional groups attached to an aromatic ring is 1. The first-order chi connectivity index (χ1) is 8.25. The monoisotopic (exact) mass is 228 g/mol. The van der Waals surface area contributed by atoms with Gasteiger partial charge in [-0.3, -0.25) is 4.79 Å². The number of hydrogen-bond acceptors (Lipinski definition) is 4. The summed E-state index contributed by atoms with van der Waals surface area (Å²) in [4.78, 5) is 19.2. The minimum atomic E-state index is -0.192. The molecule has 0 radical (unpaired) electrons. The average Bonchev–Trinajstić information content (AvgIpc) is 2.39. The van der Waals surface area contributed by atoms with Gasteiger partial charge < -0.3 is 11.1 Å². The number of amides is 1. The van der Waals surface area contributed by atoms with Crippen molar-refractivity contribution in [3.05, 3.63) is 54.1 Å². The molecule has 1 amide bonds. The average molecular weight is 228 g/mol. The fourth-order valence-electron chi connectivity index (χ4n) is 1.34. The van der Waals surface area contributed by atoms with Crippen molar-refractivity contribution in [1.29, 1.82) is 0 Å². The second-order valence-electron chi connectivity index (χ2n) is 3.55. The zero-order valence-corrected chi connectivity index (χ0v) is 9.13. The van der Waals surface area contributed by atoms with Crippen LogP contribution in [0.25, 0.3) is 0 Å². The van der Waals surface area contributed by atoms with Gasteiger partial charge in [-0.2, -0.15) is 0 Å². The molecule has 0 spiro atoms. The van der Waals surface area contributed by atoms with Crippen molar-refractivity contribution in [3.63, 3.8) is 0 Å². The summed E-state index contributed by atoms with van der Waals surface area (Å²) in [6, 6.07) is 7.34. The summed E-state index contributed by atoms with van der Waals surface area (Å²) < 4.78 is 0. The van der Waals surface area contributed by atoms with E-state index in [1.807, 2.05) is 12.1 Å². The van der Waals surface area contributed by atoms with Gasteiger partial charge in [0.05, 0.1) is 5.56 Å². The van der Waals surface area contributed by atoms with Gasteiger partial charge in [-0.15, -0.1) is 0 Å². The van der Waals surface area contributed by atoms with E-state index in [1.165, 1.54) is 18.7 Å². The maximum atomic E-state index is 11.7. The molecule has 5 nitrogen and oxygen atoms in total. The van der Waals surface area contributed by atoms with Gasteiger partial charge in [0.2, 0.25) is 0 Å². The zero-order chi connectivity index (χ0) is 12.1. The third-order valence-corrected chi connectivity index (χ3v) is 2.26. The Hall–Kier alpha value is -2.43. The van der Waals surface area contributed by atoms with E-state index in [0.29, 0.717) is 17.8 Å². The van der Waals surface area contributed by atoms with E-state index in [1.54, 1.807) is 12.1 Å². The molecule has 0 aliphatic heterocycles. The van der Waals surface area contributed by atoms with E-state index >= 15 is 0 Å². The third kappa shape index (κ3) is 3.01. The molecule has 2 aromatic rings. The van der Waals surface area contributed by atoms with Gasteiger partial charge in [0, 0.05) is 24.6 Å². The number of anilines is 1. The minimum Gasteiger partial charge on any atom is -0.399 e. The number of hydrogen-bond donors (Lipinski definition) is 2. The van der Waals surface area contributed by atoms with E-state index in [9.17, 15) is 4.79 Å². The van der Waals surface area contributed by atoms with Gasteiger partial charge in [-0.25, -0.2) is 9.97 Å². The number of nitrogens with one attached hydrogen (secondary N) is 1. The Morgan fingerprint density at radius 1 is 1.18 bits per heavy atom. The predicted octanol–water partition coefficient (Wildman–Crippen LogP) is 0.989. The Bertz CT molecular complexity index is 496. The number of rotatable bonds is 3. The lowest BCUT2D eigenvalue weighted by molar-refractivity contribution is 0.0950. The number of benzene rings is 1. The van der Waals surface area contributed by atoms with Crippen LogP contribution in [0.2, 0.25) is 0 Å². The van der Waals surface area contributed by atoms with Gasteiger partial charge in [0.15, 0.2) is 0 Å². The molecule has 0 unspecified atom stereocenters. The molecule has 3 N–H and O–H groups in total. The van der Waals surface area contributed by atoms with Crippen molar-refractivity contribution in [1.82, 2.24) is 15.3 Å². The highest BCUT2D eigenvalue weighted by atomic mass is 16.1. The molecular weight excluding hydrogens is 216 g/mol. The molecule has 1 aromatic carbocycles. The Morgan fingerprint density at radius 3 is 2.47 bits per heavy atom. The van der Waals surface area contributed by atoms with Gasteiger partial charge in [0.25, 0.3) is 5.91 Å². The summed E-state index contributed by atoms with van der Waals surface area (Å²) in [6.07, 6.45) is 4.34. The lowest BCUT2D eigenvalue weighted by Crippen LogP contribution is -2.23. The number of nitrogens with zero attached hydrogens (tertiary/aromatic N) is 2. The van der Waals surface area contributed by atoms with E-state index in [2.05, 4.69) is 15.3 Å². The highest BCUT2D eigenvalue weighted by molar-refractivity contribution is 5.93. The molecule has 0 saturated heterocycles. The summed E-state index contributed by atoms with van der Waals surface area (Å²) in [7, 11) is 0. The second kappa shape index (κ2) is 5.07. The van der Waals surface area contributed by atoms with Crippen LogP contribution in [0.1, 0.15) is 15.9 Å². The van der Waals surface area contributed by atoms with Crippen LogP contribution in [-0.2, 0) is 6.54 Å². The molecule has 0 bridgehead atoms. The summed E-state index contributed by atoms with van der Waals surface area (Å²) >= 11 is 0. The van der Waals surface area contributed by atoms with Crippen LogP contribution in [0.15, 0.2) is 43.0 Å². The number of nitrogens with two attached hydrogens (primary N) is 1. The first-order valence-electron chi connectivity index (χ1n) is 5.13. The molecule has 0 fully saturated rings. The highest BCUT2D eigenvalue weighted by Crippen LogP contribution is 2.05. The Kier molecular flexibility index (Phi) is 3.30. The largest absolute Gasteiger partial charge is 0.399 e. The van der Waals surface area contributed by atoms with Crippen LogP contribution in [0.5, 0.6) is 0 Å². The molecule has 17 heavy (non-hydrogen) atoms. The molecule has 0 aliphatic carbocycles. The molecule has 0 saturated carbocycles. The topological polar surface area (TPSA) is 80.9 Å². The van der Waals surface area contributed by atoms with Gasteiger partial charge >= 0.3 is 0 Å².